The van der Waals surface area contributed by atoms with Crippen LogP contribution in [-0.4, -0.2) is 45.0 Å². The SMILES string of the molecule is CC(N[S+]([O-])C(C)(C)C)C1CN(C(=O)OC(C)(C)C)C1. The fraction of sp³-hybridized carbons (Fsp3) is 0.929. The molecule has 6 heteroatoms. The van der Waals surface area contributed by atoms with Crippen LogP contribution < -0.4 is 4.72 Å². The number of ether oxygens (including phenoxy) is 1. The van der Waals surface area contributed by atoms with Gasteiger partial charge < -0.3 is 14.2 Å². The van der Waals surface area contributed by atoms with Crippen LogP contribution in [0.5, 0.6) is 0 Å². The third-order valence-electron chi connectivity index (χ3n) is 3.12. The Hall–Kier alpha value is -0.460. The van der Waals surface area contributed by atoms with E-state index in [9.17, 15) is 9.35 Å². The van der Waals surface area contributed by atoms with E-state index < -0.39 is 17.0 Å². The van der Waals surface area contributed by atoms with Gasteiger partial charge in [0.05, 0.1) is 6.04 Å². The Bertz CT molecular complexity index is 343. The van der Waals surface area contributed by atoms with Crippen LogP contribution in [-0.2, 0) is 16.1 Å². The minimum absolute atomic E-state index is 0.119. The third kappa shape index (κ3) is 5.14. The maximum Gasteiger partial charge on any atom is 0.410 e. The molecule has 0 aromatic carbocycles. The molecule has 1 aliphatic rings. The average molecular weight is 304 g/mol. The van der Waals surface area contributed by atoms with E-state index in [4.69, 9.17) is 4.74 Å². The fourth-order valence-corrected chi connectivity index (χ4v) is 2.63. The van der Waals surface area contributed by atoms with Gasteiger partial charge in [0.1, 0.15) is 10.3 Å². The molecule has 0 bridgehead atoms. The van der Waals surface area contributed by atoms with Gasteiger partial charge in [0.25, 0.3) is 0 Å². The Balaban J connectivity index is 2.36. The number of carbonyl (C=O) groups excluding carboxylic acids is 1. The van der Waals surface area contributed by atoms with Crippen molar-refractivity contribution in [3.05, 3.63) is 0 Å². The summed E-state index contributed by atoms with van der Waals surface area (Å²) < 4.78 is 20.2. The Labute approximate surface area is 125 Å². The number of carbonyl (C=O) groups is 1. The maximum atomic E-state index is 12.0. The van der Waals surface area contributed by atoms with Gasteiger partial charge in [-0.3, -0.25) is 0 Å². The van der Waals surface area contributed by atoms with Crippen LogP contribution in [0.2, 0.25) is 0 Å². The normalized spacial score (nSPS) is 20.3. The molecule has 2 unspecified atom stereocenters. The highest BCUT2D eigenvalue weighted by atomic mass is 32.2. The second-order valence-electron chi connectivity index (χ2n) is 7.43. The van der Waals surface area contributed by atoms with Gasteiger partial charge in [-0.1, -0.05) is 0 Å². The maximum absolute atomic E-state index is 12.0. The third-order valence-corrected chi connectivity index (χ3v) is 4.82. The molecule has 2 atom stereocenters. The van der Waals surface area contributed by atoms with E-state index in [1.807, 2.05) is 48.5 Å². The lowest BCUT2D eigenvalue weighted by Gasteiger charge is -2.43. The van der Waals surface area contributed by atoms with Crippen LogP contribution >= 0.6 is 0 Å². The summed E-state index contributed by atoms with van der Waals surface area (Å²) in [5.74, 6) is 0.328. The fourth-order valence-electron chi connectivity index (χ4n) is 1.75. The van der Waals surface area contributed by atoms with Crippen LogP contribution in [0.25, 0.3) is 0 Å². The van der Waals surface area contributed by atoms with E-state index >= 15 is 0 Å². The summed E-state index contributed by atoms with van der Waals surface area (Å²) in [5, 5.41) is 0. The van der Waals surface area contributed by atoms with E-state index in [0.29, 0.717) is 19.0 Å². The molecule has 0 radical (unpaired) electrons. The molecule has 20 heavy (non-hydrogen) atoms. The van der Waals surface area contributed by atoms with Gasteiger partial charge in [-0.25, -0.2) is 4.79 Å². The lowest BCUT2D eigenvalue weighted by Crippen LogP contribution is -2.59. The van der Waals surface area contributed by atoms with Crippen LogP contribution in [0, 0.1) is 5.92 Å². The van der Waals surface area contributed by atoms with Crippen LogP contribution in [0.4, 0.5) is 4.79 Å². The quantitative estimate of drug-likeness (QED) is 0.813. The summed E-state index contributed by atoms with van der Waals surface area (Å²) in [5.41, 5.74) is -0.459. The number of hydrogen-bond acceptors (Lipinski definition) is 4. The van der Waals surface area contributed by atoms with Crippen molar-refractivity contribution in [3.8, 4) is 0 Å². The summed E-state index contributed by atoms with van der Waals surface area (Å²) in [7, 11) is 0. The van der Waals surface area contributed by atoms with Crippen LogP contribution in [0.3, 0.4) is 0 Å². The molecule has 1 fully saturated rings. The minimum atomic E-state index is -1.08. The summed E-state index contributed by atoms with van der Waals surface area (Å²) in [6.45, 7) is 14.7. The highest BCUT2D eigenvalue weighted by Crippen LogP contribution is 2.24. The zero-order valence-electron chi connectivity index (χ0n) is 13.6. The van der Waals surface area contributed by atoms with Gasteiger partial charge in [-0.05, 0) is 48.5 Å². The van der Waals surface area contributed by atoms with Crippen molar-refractivity contribution in [1.82, 2.24) is 9.62 Å². The average Bonchev–Trinajstić information content (AvgIpc) is 2.09. The van der Waals surface area contributed by atoms with Crippen molar-refractivity contribution in [1.29, 1.82) is 0 Å². The molecule has 0 spiro atoms. The zero-order chi connectivity index (χ0) is 15.7. The molecule has 0 aliphatic carbocycles. The molecule has 1 heterocycles. The number of amides is 1. The molecular weight excluding hydrogens is 276 g/mol. The second kappa shape index (κ2) is 6.12. The van der Waals surface area contributed by atoms with Gasteiger partial charge in [0, 0.05) is 30.4 Å². The van der Waals surface area contributed by atoms with Gasteiger partial charge in [0.15, 0.2) is 0 Å². The standard InChI is InChI=1S/C14H28N2O3S/c1-10(15-20(18)14(5,6)7)11-8-16(9-11)12(17)19-13(2,3)4/h10-11,15H,8-9H2,1-7H3. The zero-order valence-corrected chi connectivity index (χ0v) is 14.5. The number of nitrogens with one attached hydrogen (secondary N) is 1. The van der Waals surface area contributed by atoms with Crippen molar-refractivity contribution < 1.29 is 14.1 Å². The summed E-state index contributed by atoms with van der Waals surface area (Å²) in [6.07, 6.45) is -0.266. The summed E-state index contributed by atoms with van der Waals surface area (Å²) in [6, 6.07) is 0.119. The van der Waals surface area contributed by atoms with Crippen molar-refractivity contribution in [3.63, 3.8) is 0 Å². The molecule has 5 nitrogen and oxygen atoms in total. The first-order valence-corrected chi connectivity index (χ1v) is 8.21. The Morgan fingerprint density at radius 3 is 2.20 bits per heavy atom. The van der Waals surface area contributed by atoms with Crippen LogP contribution in [0.15, 0.2) is 0 Å². The molecule has 1 N–H and O–H groups in total. The Kier molecular flexibility index (Phi) is 5.38. The van der Waals surface area contributed by atoms with E-state index in [1.54, 1.807) is 4.90 Å². The van der Waals surface area contributed by atoms with Gasteiger partial charge in [-0.15, -0.1) is 4.72 Å². The number of rotatable bonds is 3. The summed E-state index contributed by atoms with van der Waals surface area (Å²) in [4.78, 5) is 13.5. The monoisotopic (exact) mass is 304 g/mol. The smallest absolute Gasteiger partial charge is 0.410 e. The first kappa shape index (κ1) is 17.6. The molecule has 0 saturated carbocycles. The molecular formula is C14H28N2O3S. The molecule has 1 amide bonds. The minimum Gasteiger partial charge on any atom is -0.598 e. The lowest BCUT2D eigenvalue weighted by atomic mass is 9.94. The molecule has 1 saturated heterocycles. The second-order valence-corrected chi connectivity index (χ2v) is 9.43. The first-order valence-electron chi connectivity index (χ1n) is 7.06. The lowest BCUT2D eigenvalue weighted by molar-refractivity contribution is -0.00451. The Morgan fingerprint density at radius 2 is 1.80 bits per heavy atom. The predicted molar refractivity (Wildman–Crippen MR) is 81.8 cm³/mol. The summed E-state index contributed by atoms with van der Waals surface area (Å²) >= 11 is -1.08. The van der Waals surface area contributed by atoms with Gasteiger partial charge in [-0.2, -0.15) is 0 Å². The van der Waals surface area contributed by atoms with Crippen molar-refractivity contribution in [2.75, 3.05) is 13.1 Å². The highest BCUT2D eigenvalue weighted by Gasteiger charge is 2.39. The topological polar surface area (TPSA) is 64.6 Å². The molecule has 0 aromatic heterocycles. The molecule has 118 valence electrons. The highest BCUT2D eigenvalue weighted by molar-refractivity contribution is 7.90. The van der Waals surface area contributed by atoms with E-state index in [2.05, 4.69) is 4.72 Å². The predicted octanol–water partition coefficient (Wildman–Crippen LogP) is 2.29. The van der Waals surface area contributed by atoms with Crippen LogP contribution in [0.1, 0.15) is 48.5 Å². The molecule has 0 aromatic rings. The first-order chi connectivity index (χ1) is 8.90. The molecule has 1 rings (SSSR count). The number of likely N-dealkylation sites (tertiary alicyclic amines) is 1. The van der Waals surface area contributed by atoms with E-state index in [-0.39, 0.29) is 16.9 Å². The van der Waals surface area contributed by atoms with Gasteiger partial charge in [0.2, 0.25) is 0 Å². The van der Waals surface area contributed by atoms with E-state index in [1.165, 1.54) is 0 Å². The largest absolute Gasteiger partial charge is 0.598 e. The van der Waals surface area contributed by atoms with Gasteiger partial charge >= 0.3 is 6.09 Å². The number of hydrogen-bond donors (Lipinski definition) is 1. The number of nitrogens with zero attached hydrogens (tertiary/aromatic N) is 1. The molecule has 1 aliphatic heterocycles. The van der Waals surface area contributed by atoms with Crippen molar-refractivity contribution in [2.24, 2.45) is 5.92 Å². The Morgan fingerprint density at radius 1 is 1.30 bits per heavy atom. The van der Waals surface area contributed by atoms with Crippen molar-refractivity contribution >= 4 is 17.5 Å². The van der Waals surface area contributed by atoms with E-state index in [0.717, 1.165) is 0 Å². The van der Waals surface area contributed by atoms with Crippen molar-refractivity contribution in [2.45, 2.75) is 64.9 Å².